The van der Waals surface area contributed by atoms with Crippen LogP contribution >= 0.6 is 0 Å². The summed E-state index contributed by atoms with van der Waals surface area (Å²) < 4.78 is 5.62. The molecule has 0 aliphatic heterocycles. The van der Waals surface area contributed by atoms with Crippen LogP contribution in [-0.2, 0) is 19.1 Å². The number of allylic oxidation sites excluding steroid dienone is 2. The standard InChI is InChI=1S/C35H57NO4/c1-12-15-31(5,6)17-19-33(9,30(39)40-13-2)20-18-32(7,8)35(11)16-14-27-25(4)29(38)26(23-36)22-34(27,10)28(35)21-24(3)37/h22,25,27-28H,12-21H2,1-11H3/t25-,27-,28+,33-,34-,35+/m0/s1. The highest BCUT2D eigenvalue weighted by Gasteiger charge is 2.61. The predicted molar refractivity (Wildman–Crippen MR) is 161 cm³/mol. The summed E-state index contributed by atoms with van der Waals surface area (Å²) in [5.74, 6) is -0.172. The zero-order valence-electron chi connectivity index (χ0n) is 27.5. The van der Waals surface area contributed by atoms with E-state index in [2.05, 4.69) is 61.5 Å². The predicted octanol–water partition coefficient (Wildman–Crippen LogP) is 8.66. The van der Waals surface area contributed by atoms with Crippen LogP contribution in [0.2, 0.25) is 0 Å². The van der Waals surface area contributed by atoms with Crippen molar-refractivity contribution in [1.29, 1.82) is 5.26 Å². The second kappa shape index (κ2) is 12.5. The number of rotatable bonds is 13. The van der Waals surface area contributed by atoms with Crippen LogP contribution in [0.4, 0.5) is 0 Å². The molecule has 2 aliphatic carbocycles. The Hall–Kier alpha value is -1.96. The normalized spacial score (nSPS) is 30.5. The van der Waals surface area contributed by atoms with E-state index in [0.29, 0.717) is 13.0 Å². The molecular formula is C35H57NO4. The first kappa shape index (κ1) is 34.2. The van der Waals surface area contributed by atoms with E-state index < -0.39 is 10.8 Å². The molecule has 0 unspecified atom stereocenters. The molecule has 0 radical (unpaired) electrons. The number of hydrogen-bond acceptors (Lipinski definition) is 5. The average Bonchev–Trinajstić information content (AvgIpc) is 2.86. The number of nitrogens with zero attached hydrogens (tertiary/aromatic N) is 1. The summed E-state index contributed by atoms with van der Waals surface area (Å²) in [6.45, 7) is 23.8. The average molecular weight is 556 g/mol. The Kier molecular flexibility index (Phi) is 10.7. The fraction of sp³-hybridized carbons (Fsp3) is 0.829. The highest BCUT2D eigenvalue weighted by atomic mass is 16.5. The molecule has 0 N–H and O–H groups in total. The molecule has 0 aromatic carbocycles. The number of carbonyl (C=O) groups is 3. The van der Waals surface area contributed by atoms with Crippen molar-refractivity contribution >= 4 is 17.5 Å². The van der Waals surface area contributed by atoms with Crippen molar-refractivity contribution in [2.45, 2.75) is 134 Å². The van der Waals surface area contributed by atoms with Crippen molar-refractivity contribution in [3.05, 3.63) is 11.6 Å². The second-order valence-corrected chi connectivity index (χ2v) is 15.3. The molecule has 1 saturated carbocycles. The van der Waals surface area contributed by atoms with Crippen molar-refractivity contribution < 1.29 is 19.1 Å². The first-order valence-electron chi connectivity index (χ1n) is 15.7. The highest BCUT2D eigenvalue weighted by molar-refractivity contribution is 6.01. The molecule has 6 atom stereocenters. The van der Waals surface area contributed by atoms with E-state index in [1.54, 1.807) is 6.92 Å². The molecule has 0 aromatic rings. The van der Waals surface area contributed by atoms with Gasteiger partial charge in [-0.1, -0.05) is 67.9 Å². The second-order valence-electron chi connectivity index (χ2n) is 15.3. The van der Waals surface area contributed by atoms with Gasteiger partial charge in [-0.15, -0.1) is 0 Å². The van der Waals surface area contributed by atoms with Gasteiger partial charge in [0.05, 0.1) is 17.6 Å². The molecule has 0 aromatic heterocycles. The molecule has 0 amide bonds. The Bertz CT molecular complexity index is 1030. The summed E-state index contributed by atoms with van der Waals surface area (Å²) in [7, 11) is 0. The monoisotopic (exact) mass is 555 g/mol. The quantitative estimate of drug-likeness (QED) is 0.212. The number of esters is 1. The molecule has 5 nitrogen and oxygen atoms in total. The molecule has 0 bridgehead atoms. The summed E-state index contributed by atoms with van der Waals surface area (Å²) in [6.07, 6.45) is 9.67. The topological polar surface area (TPSA) is 84.2 Å². The Morgan fingerprint density at radius 1 is 1.05 bits per heavy atom. The van der Waals surface area contributed by atoms with Crippen LogP contribution in [0.15, 0.2) is 11.6 Å². The SMILES string of the molecule is CCCC(C)(C)CC[C@@](C)(CCC(C)(C)[C@]1(C)CC[C@H]2[C@H](C)C(=O)C(C#N)=C[C@]2(C)[C@H]1CC(C)=O)C(=O)OCC. The maximum atomic E-state index is 13.4. The fourth-order valence-electron chi connectivity index (χ4n) is 8.25. The van der Waals surface area contributed by atoms with Gasteiger partial charge in [-0.25, -0.2) is 0 Å². The van der Waals surface area contributed by atoms with Crippen LogP contribution in [0, 0.1) is 56.2 Å². The van der Waals surface area contributed by atoms with E-state index in [4.69, 9.17) is 4.74 Å². The fourth-order valence-corrected chi connectivity index (χ4v) is 8.25. The van der Waals surface area contributed by atoms with E-state index in [0.717, 1.165) is 51.4 Å². The minimum Gasteiger partial charge on any atom is -0.466 e. The number of carbonyl (C=O) groups excluding carboxylic acids is 3. The van der Waals surface area contributed by atoms with E-state index in [-0.39, 0.29) is 57.1 Å². The third-order valence-electron chi connectivity index (χ3n) is 11.5. The molecule has 2 aliphatic rings. The molecule has 40 heavy (non-hydrogen) atoms. The van der Waals surface area contributed by atoms with Crippen LogP contribution < -0.4 is 0 Å². The van der Waals surface area contributed by atoms with Crippen LogP contribution in [0.1, 0.15) is 134 Å². The highest BCUT2D eigenvalue weighted by Crippen LogP contribution is 2.66. The van der Waals surface area contributed by atoms with Gasteiger partial charge >= 0.3 is 5.97 Å². The summed E-state index contributed by atoms with van der Waals surface area (Å²) in [4.78, 5) is 39.0. The van der Waals surface area contributed by atoms with Gasteiger partial charge in [-0.2, -0.15) is 5.26 Å². The van der Waals surface area contributed by atoms with Gasteiger partial charge in [0.1, 0.15) is 11.9 Å². The number of fused-ring (bicyclic) bond motifs is 1. The van der Waals surface area contributed by atoms with Gasteiger partial charge in [-0.05, 0) is 99.2 Å². The van der Waals surface area contributed by atoms with Gasteiger partial charge in [0.15, 0.2) is 5.78 Å². The zero-order chi connectivity index (χ0) is 30.7. The Labute approximate surface area is 244 Å². The van der Waals surface area contributed by atoms with Gasteiger partial charge in [-0.3, -0.25) is 9.59 Å². The summed E-state index contributed by atoms with van der Waals surface area (Å²) in [6, 6.07) is 2.16. The number of ketones is 2. The van der Waals surface area contributed by atoms with Crippen LogP contribution in [0.3, 0.4) is 0 Å². The molecule has 5 heteroatoms. The molecule has 0 saturated heterocycles. The first-order valence-corrected chi connectivity index (χ1v) is 15.7. The molecule has 226 valence electrons. The summed E-state index contributed by atoms with van der Waals surface area (Å²) >= 11 is 0. The Morgan fingerprint density at radius 3 is 2.17 bits per heavy atom. The lowest BCUT2D eigenvalue weighted by molar-refractivity contribution is -0.158. The van der Waals surface area contributed by atoms with Crippen molar-refractivity contribution in [3.8, 4) is 6.07 Å². The van der Waals surface area contributed by atoms with Crippen molar-refractivity contribution in [1.82, 2.24) is 0 Å². The third kappa shape index (κ3) is 6.74. The van der Waals surface area contributed by atoms with E-state index in [1.165, 1.54) is 0 Å². The van der Waals surface area contributed by atoms with Crippen LogP contribution in [0.5, 0.6) is 0 Å². The van der Waals surface area contributed by atoms with Gasteiger partial charge in [0, 0.05) is 12.3 Å². The molecule has 2 rings (SSSR count). The summed E-state index contributed by atoms with van der Waals surface area (Å²) in [5.41, 5.74) is -1.01. The lowest BCUT2D eigenvalue weighted by Gasteiger charge is -2.62. The smallest absolute Gasteiger partial charge is 0.311 e. The van der Waals surface area contributed by atoms with Gasteiger partial charge < -0.3 is 9.53 Å². The number of hydrogen-bond donors (Lipinski definition) is 0. The van der Waals surface area contributed by atoms with E-state index >= 15 is 0 Å². The molecular weight excluding hydrogens is 498 g/mol. The number of ether oxygens (including phenoxy) is 1. The number of nitriles is 1. The molecule has 0 spiro atoms. The van der Waals surface area contributed by atoms with E-state index in [9.17, 15) is 19.6 Å². The minimum absolute atomic E-state index is 0.0116. The third-order valence-corrected chi connectivity index (χ3v) is 11.5. The Morgan fingerprint density at radius 2 is 1.65 bits per heavy atom. The molecule has 0 heterocycles. The maximum absolute atomic E-state index is 13.4. The lowest BCUT2D eigenvalue weighted by atomic mass is 9.41. The zero-order valence-corrected chi connectivity index (χ0v) is 27.5. The lowest BCUT2D eigenvalue weighted by Crippen LogP contribution is -2.57. The van der Waals surface area contributed by atoms with Crippen LogP contribution in [-0.4, -0.2) is 24.1 Å². The van der Waals surface area contributed by atoms with E-state index in [1.807, 2.05) is 19.9 Å². The van der Waals surface area contributed by atoms with Gasteiger partial charge in [0.2, 0.25) is 0 Å². The van der Waals surface area contributed by atoms with Crippen molar-refractivity contribution in [2.75, 3.05) is 6.61 Å². The van der Waals surface area contributed by atoms with Gasteiger partial charge in [0.25, 0.3) is 0 Å². The number of Topliss-reactive ketones (excluding diaryl/α,β-unsaturated/α-hetero) is 2. The van der Waals surface area contributed by atoms with Crippen molar-refractivity contribution in [3.63, 3.8) is 0 Å². The first-order chi connectivity index (χ1) is 18.3. The van der Waals surface area contributed by atoms with Crippen LogP contribution in [0.25, 0.3) is 0 Å². The Balaban J connectivity index is 2.47. The van der Waals surface area contributed by atoms with Crippen molar-refractivity contribution in [2.24, 2.45) is 44.8 Å². The largest absolute Gasteiger partial charge is 0.466 e. The molecule has 1 fully saturated rings. The maximum Gasteiger partial charge on any atom is 0.311 e. The summed E-state index contributed by atoms with van der Waals surface area (Å²) in [5, 5.41) is 9.80. The minimum atomic E-state index is -0.578.